The van der Waals surface area contributed by atoms with Crippen molar-refractivity contribution in [3.63, 3.8) is 0 Å². The van der Waals surface area contributed by atoms with Crippen LogP contribution in [-0.4, -0.2) is 30.4 Å². The standard InChI is InChI=1S/C26H19ClO8/c1-32-19-6-4-13(8-20(19)33-2)15-11-34-26-23-14(12-3-5-17(28)16(27)7-12)9-22(30)35-21(23)10-18(29)24(26)25(15)31/h3-8,10-11,14,28-29H,9H2,1-2H3. The Hall–Kier alpha value is -4.17. The molecule has 1 aliphatic heterocycles. The summed E-state index contributed by atoms with van der Waals surface area (Å²) in [6.07, 6.45) is 1.25. The van der Waals surface area contributed by atoms with Crippen molar-refractivity contribution in [2.24, 2.45) is 0 Å². The number of phenolic OH excluding ortho intramolecular Hbond substituents is 2. The fraction of sp³-hybridized carbons (Fsp3) is 0.154. The molecule has 0 spiro atoms. The number of benzene rings is 3. The zero-order valence-corrected chi connectivity index (χ0v) is 19.4. The highest BCUT2D eigenvalue weighted by Gasteiger charge is 2.34. The average molecular weight is 495 g/mol. The highest BCUT2D eigenvalue weighted by atomic mass is 35.5. The lowest BCUT2D eigenvalue weighted by molar-refractivity contribution is -0.135. The second-order valence-electron chi connectivity index (χ2n) is 8.00. The van der Waals surface area contributed by atoms with E-state index < -0.39 is 17.3 Å². The Morgan fingerprint density at radius 1 is 0.971 bits per heavy atom. The van der Waals surface area contributed by atoms with Gasteiger partial charge in [-0.2, -0.15) is 0 Å². The quantitative estimate of drug-likeness (QED) is 0.301. The van der Waals surface area contributed by atoms with Gasteiger partial charge in [0.2, 0.25) is 5.43 Å². The molecule has 1 aliphatic rings. The number of methoxy groups -OCH3 is 2. The highest BCUT2D eigenvalue weighted by Crippen LogP contribution is 2.46. The van der Waals surface area contributed by atoms with Gasteiger partial charge in [0.1, 0.15) is 34.5 Å². The van der Waals surface area contributed by atoms with Gasteiger partial charge in [0.05, 0.1) is 31.2 Å². The number of ether oxygens (including phenoxy) is 3. The fourth-order valence-electron chi connectivity index (χ4n) is 4.36. The Morgan fingerprint density at radius 2 is 1.74 bits per heavy atom. The molecule has 8 nitrogen and oxygen atoms in total. The van der Waals surface area contributed by atoms with Gasteiger partial charge in [-0.1, -0.05) is 23.7 Å². The van der Waals surface area contributed by atoms with E-state index in [2.05, 4.69) is 0 Å². The minimum absolute atomic E-state index is 0.0465. The molecule has 3 aromatic carbocycles. The molecule has 1 unspecified atom stereocenters. The van der Waals surface area contributed by atoms with Crippen LogP contribution in [0.1, 0.15) is 23.5 Å². The molecule has 5 rings (SSSR count). The van der Waals surface area contributed by atoms with E-state index in [1.165, 1.54) is 32.6 Å². The first-order valence-electron chi connectivity index (χ1n) is 10.5. The smallest absolute Gasteiger partial charge is 0.312 e. The van der Waals surface area contributed by atoms with E-state index in [1.807, 2.05) is 0 Å². The fourth-order valence-corrected chi connectivity index (χ4v) is 4.55. The Kier molecular flexibility index (Phi) is 5.53. The Balaban J connectivity index is 1.74. The minimum Gasteiger partial charge on any atom is -0.507 e. The average Bonchev–Trinajstić information content (AvgIpc) is 2.84. The molecule has 0 aliphatic carbocycles. The molecule has 178 valence electrons. The zero-order valence-electron chi connectivity index (χ0n) is 18.6. The number of halogens is 1. The molecular formula is C26H19ClO8. The lowest BCUT2D eigenvalue weighted by Crippen LogP contribution is -2.22. The maximum absolute atomic E-state index is 13.5. The zero-order chi connectivity index (χ0) is 24.9. The third-order valence-electron chi connectivity index (χ3n) is 6.04. The lowest BCUT2D eigenvalue weighted by Gasteiger charge is -2.26. The summed E-state index contributed by atoms with van der Waals surface area (Å²) in [7, 11) is 2.99. The lowest BCUT2D eigenvalue weighted by atomic mass is 9.85. The van der Waals surface area contributed by atoms with Crippen LogP contribution in [0.2, 0.25) is 5.02 Å². The van der Waals surface area contributed by atoms with Crippen LogP contribution in [0, 0.1) is 0 Å². The predicted octanol–water partition coefficient (Wildman–Crippen LogP) is 4.98. The van der Waals surface area contributed by atoms with E-state index >= 15 is 0 Å². The second kappa shape index (κ2) is 8.56. The number of carbonyl (C=O) groups is 1. The SMILES string of the molecule is COc1ccc(-c2coc3c4c(cc(O)c3c2=O)OC(=O)CC4c2ccc(O)c(Cl)c2)cc1OC. The first kappa shape index (κ1) is 22.6. The summed E-state index contributed by atoms with van der Waals surface area (Å²) in [5, 5.41) is 20.6. The van der Waals surface area contributed by atoms with Gasteiger partial charge in [0.25, 0.3) is 0 Å². The van der Waals surface area contributed by atoms with E-state index in [-0.39, 0.29) is 45.2 Å². The maximum Gasteiger partial charge on any atom is 0.312 e. The van der Waals surface area contributed by atoms with E-state index in [0.29, 0.717) is 28.2 Å². The monoisotopic (exact) mass is 494 g/mol. The largest absolute Gasteiger partial charge is 0.507 e. The number of rotatable bonds is 4. The molecule has 35 heavy (non-hydrogen) atoms. The maximum atomic E-state index is 13.5. The van der Waals surface area contributed by atoms with Crippen molar-refractivity contribution in [1.29, 1.82) is 0 Å². The van der Waals surface area contributed by atoms with E-state index in [0.717, 1.165) is 0 Å². The number of fused-ring (bicyclic) bond motifs is 3. The van der Waals surface area contributed by atoms with Gasteiger partial charge in [-0.15, -0.1) is 0 Å². The highest BCUT2D eigenvalue weighted by molar-refractivity contribution is 6.32. The van der Waals surface area contributed by atoms with Crippen molar-refractivity contribution >= 4 is 28.5 Å². The number of hydrogen-bond donors (Lipinski definition) is 2. The molecule has 2 N–H and O–H groups in total. The van der Waals surface area contributed by atoms with Gasteiger partial charge in [-0.05, 0) is 35.4 Å². The van der Waals surface area contributed by atoms with Gasteiger partial charge >= 0.3 is 5.97 Å². The van der Waals surface area contributed by atoms with Crippen LogP contribution in [0.4, 0.5) is 0 Å². The van der Waals surface area contributed by atoms with E-state index in [4.69, 9.17) is 30.2 Å². The van der Waals surface area contributed by atoms with Crippen LogP contribution < -0.4 is 19.6 Å². The van der Waals surface area contributed by atoms with E-state index in [9.17, 15) is 19.8 Å². The number of esters is 1. The molecule has 0 amide bonds. The van der Waals surface area contributed by atoms with Crippen LogP contribution in [0.5, 0.6) is 28.7 Å². The Morgan fingerprint density at radius 3 is 2.46 bits per heavy atom. The molecular weight excluding hydrogens is 476 g/mol. The topological polar surface area (TPSA) is 115 Å². The molecule has 4 aromatic rings. The predicted molar refractivity (Wildman–Crippen MR) is 128 cm³/mol. The summed E-state index contributed by atoms with van der Waals surface area (Å²) in [6, 6.07) is 10.8. The van der Waals surface area contributed by atoms with Gasteiger partial charge in [0, 0.05) is 17.5 Å². The summed E-state index contributed by atoms with van der Waals surface area (Å²) in [4.78, 5) is 25.9. The number of hydrogen-bond acceptors (Lipinski definition) is 8. The van der Waals surface area contributed by atoms with Crippen molar-refractivity contribution in [1.82, 2.24) is 0 Å². The molecule has 0 saturated heterocycles. The number of carbonyl (C=O) groups excluding carboxylic acids is 1. The summed E-state index contributed by atoms with van der Waals surface area (Å²) in [5.41, 5.74) is 1.36. The number of phenols is 2. The molecule has 2 heterocycles. The van der Waals surface area contributed by atoms with Crippen LogP contribution in [0.3, 0.4) is 0 Å². The third-order valence-corrected chi connectivity index (χ3v) is 6.34. The van der Waals surface area contributed by atoms with Crippen LogP contribution in [-0.2, 0) is 4.79 Å². The van der Waals surface area contributed by atoms with Crippen molar-refractivity contribution < 1.29 is 33.6 Å². The van der Waals surface area contributed by atoms with Crippen molar-refractivity contribution in [2.45, 2.75) is 12.3 Å². The summed E-state index contributed by atoms with van der Waals surface area (Å²) in [6.45, 7) is 0. The molecule has 1 atom stereocenters. The normalized spacial score (nSPS) is 14.9. The van der Waals surface area contributed by atoms with Crippen molar-refractivity contribution in [2.75, 3.05) is 14.2 Å². The second-order valence-corrected chi connectivity index (χ2v) is 8.41. The first-order valence-corrected chi connectivity index (χ1v) is 10.9. The van der Waals surface area contributed by atoms with Crippen molar-refractivity contribution in [3.05, 3.63) is 75.1 Å². The third kappa shape index (κ3) is 3.72. The minimum atomic E-state index is -0.581. The summed E-state index contributed by atoms with van der Waals surface area (Å²) >= 11 is 6.10. The van der Waals surface area contributed by atoms with Gasteiger partial charge in [-0.3, -0.25) is 9.59 Å². The van der Waals surface area contributed by atoms with Crippen LogP contribution in [0.15, 0.2) is 57.9 Å². The van der Waals surface area contributed by atoms with Crippen LogP contribution >= 0.6 is 11.6 Å². The van der Waals surface area contributed by atoms with E-state index in [1.54, 1.807) is 30.3 Å². The molecule has 9 heteroatoms. The van der Waals surface area contributed by atoms with Gasteiger partial charge in [-0.25, -0.2) is 0 Å². The first-order chi connectivity index (χ1) is 16.8. The molecule has 0 bridgehead atoms. The molecule has 0 radical (unpaired) electrons. The van der Waals surface area contributed by atoms with Gasteiger partial charge in [0.15, 0.2) is 11.5 Å². The Bertz CT molecular complexity index is 1560. The van der Waals surface area contributed by atoms with Gasteiger partial charge < -0.3 is 28.8 Å². The molecule has 0 fully saturated rings. The Labute approximate surface area is 203 Å². The molecule has 1 aromatic heterocycles. The van der Waals surface area contributed by atoms with Crippen LogP contribution in [0.25, 0.3) is 22.1 Å². The molecule has 0 saturated carbocycles. The summed E-state index contributed by atoms with van der Waals surface area (Å²) in [5.74, 6) is -0.576. The van der Waals surface area contributed by atoms with Crippen molar-refractivity contribution in [3.8, 4) is 39.9 Å². The summed E-state index contributed by atoms with van der Waals surface area (Å²) < 4.78 is 21.9. The number of aromatic hydroxyl groups is 2.